The smallest absolute Gasteiger partial charge is 0.384 e. The van der Waals surface area contributed by atoms with Crippen molar-refractivity contribution in [2.45, 2.75) is 39.3 Å². The van der Waals surface area contributed by atoms with Gasteiger partial charge in [0, 0.05) is 11.1 Å². The van der Waals surface area contributed by atoms with E-state index in [-0.39, 0.29) is 19.1 Å². The maximum absolute atomic E-state index is 13.5. The number of benzene rings is 3. The number of nitrogens with one attached hydrogen (secondary N) is 2. The maximum atomic E-state index is 13.5. The lowest BCUT2D eigenvalue weighted by atomic mass is 9.96. The Morgan fingerprint density at radius 3 is 1.24 bits per heavy atom. The number of nitrogen functional groups attached to an aromatic ring is 2. The predicted octanol–water partition coefficient (Wildman–Crippen LogP) is 5.48. The van der Waals surface area contributed by atoms with Crippen LogP contribution in [-0.4, -0.2) is 11.7 Å². The Kier molecular flexibility index (Phi) is 8.40. The molecule has 0 aliphatic carbocycles. The molecule has 0 aliphatic rings. The van der Waals surface area contributed by atoms with Gasteiger partial charge in [-0.1, -0.05) is 62.0 Å². The van der Waals surface area contributed by atoms with Crippen molar-refractivity contribution < 1.29 is 13.2 Å². The van der Waals surface area contributed by atoms with Gasteiger partial charge in [-0.2, -0.15) is 13.2 Å². The highest BCUT2D eigenvalue weighted by atomic mass is 19.4. The number of hydrogen-bond donors (Lipinski definition) is 4. The number of amidine groups is 2. The second-order valence-corrected chi connectivity index (χ2v) is 7.76. The summed E-state index contributed by atoms with van der Waals surface area (Å²) >= 11 is 0. The lowest BCUT2D eigenvalue weighted by Crippen LogP contribution is -2.11. The summed E-state index contributed by atoms with van der Waals surface area (Å²) < 4.78 is 40.4. The number of alkyl halides is 3. The van der Waals surface area contributed by atoms with E-state index in [2.05, 4.69) is 0 Å². The standard InChI is InChI=1S/C25H25F3N4.CH4/c26-25(27,28)22-14-18(3-1-16-5-9-20(10-6-16)23(29)30)13-19(15-22)4-2-17-7-11-21(12-8-17)24(31)32;/h5-15H,1-4H2,(H3,29,30)(H3,31,32);1H4. The quantitative estimate of drug-likeness (QED) is 0.268. The maximum Gasteiger partial charge on any atom is 0.416 e. The average Bonchev–Trinajstić information content (AvgIpc) is 2.76. The normalized spacial score (nSPS) is 11.0. The van der Waals surface area contributed by atoms with E-state index < -0.39 is 11.7 Å². The van der Waals surface area contributed by atoms with Crippen molar-refractivity contribution in [1.29, 1.82) is 10.8 Å². The molecule has 3 aromatic rings. The van der Waals surface area contributed by atoms with Gasteiger partial charge in [0.2, 0.25) is 0 Å². The van der Waals surface area contributed by atoms with Gasteiger partial charge in [0.1, 0.15) is 11.7 Å². The van der Waals surface area contributed by atoms with Crippen LogP contribution in [-0.2, 0) is 31.9 Å². The molecule has 0 atom stereocenters. The number of aryl methyl sites for hydroxylation is 4. The Labute approximate surface area is 192 Å². The van der Waals surface area contributed by atoms with Gasteiger partial charge in [0.25, 0.3) is 0 Å². The fourth-order valence-corrected chi connectivity index (χ4v) is 3.49. The number of rotatable bonds is 8. The van der Waals surface area contributed by atoms with Gasteiger partial charge in [0.05, 0.1) is 5.56 Å². The van der Waals surface area contributed by atoms with Crippen molar-refractivity contribution in [2.24, 2.45) is 11.5 Å². The lowest BCUT2D eigenvalue weighted by Gasteiger charge is -2.13. The predicted molar refractivity (Wildman–Crippen MR) is 128 cm³/mol. The van der Waals surface area contributed by atoms with Gasteiger partial charge < -0.3 is 11.5 Å². The van der Waals surface area contributed by atoms with Crippen molar-refractivity contribution in [2.75, 3.05) is 0 Å². The third kappa shape index (κ3) is 7.20. The molecule has 0 spiro atoms. The molecule has 174 valence electrons. The first kappa shape index (κ1) is 25.6. The first-order valence-electron chi connectivity index (χ1n) is 10.2. The molecular formula is C26H29F3N4. The fourth-order valence-electron chi connectivity index (χ4n) is 3.49. The van der Waals surface area contributed by atoms with Gasteiger partial charge in [-0.05, 0) is 60.1 Å². The molecule has 0 saturated carbocycles. The molecule has 0 amide bonds. The first-order chi connectivity index (χ1) is 15.1. The van der Waals surface area contributed by atoms with E-state index in [9.17, 15) is 13.2 Å². The molecule has 0 fully saturated rings. The van der Waals surface area contributed by atoms with E-state index in [1.807, 2.05) is 30.3 Å². The highest BCUT2D eigenvalue weighted by Gasteiger charge is 2.31. The summed E-state index contributed by atoms with van der Waals surface area (Å²) in [5, 5.41) is 14.9. The van der Waals surface area contributed by atoms with Crippen LogP contribution in [0.5, 0.6) is 0 Å². The van der Waals surface area contributed by atoms with E-state index >= 15 is 0 Å². The van der Waals surface area contributed by atoms with E-state index in [1.54, 1.807) is 24.3 Å². The molecule has 0 radical (unpaired) electrons. The molecule has 33 heavy (non-hydrogen) atoms. The van der Waals surface area contributed by atoms with E-state index in [4.69, 9.17) is 22.3 Å². The SMILES string of the molecule is C.N=C(N)c1ccc(CCc2cc(CCc3ccc(C(=N)N)cc3)cc(C(F)(F)F)c2)cc1. The number of nitrogens with two attached hydrogens (primary N) is 2. The van der Waals surface area contributed by atoms with Crippen LogP contribution < -0.4 is 11.5 Å². The summed E-state index contributed by atoms with van der Waals surface area (Å²) in [7, 11) is 0. The van der Waals surface area contributed by atoms with Crippen LogP contribution in [0.4, 0.5) is 13.2 Å². The summed E-state index contributed by atoms with van der Waals surface area (Å²) in [6, 6.07) is 18.6. The van der Waals surface area contributed by atoms with E-state index in [0.717, 1.165) is 11.1 Å². The zero-order chi connectivity index (χ0) is 23.3. The fraction of sp³-hybridized carbons (Fsp3) is 0.231. The first-order valence-corrected chi connectivity index (χ1v) is 10.2. The Morgan fingerprint density at radius 2 is 0.939 bits per heavy atom. The van der Waals surface area contributed by atoms with Crippen molar-refractivity contribution in [1.82, 2.24) is 0 Å². The molecule has 4 nitrogen and oxygen atoms in total. The van der Waals surface area contributed by atoms with Crippen LogP contribution >= 0.6 is 0 Å². The molecule has 7 heteroatoms. The minimum Gasteiger partial charge on any atom is -0.384 e. The molecule has 0 aliphatic heterocycles. The van der Waals surface area contributed by atoms with Gasteiger partial charge in [-0.25, -0.2) is 0 Å². The van der Waals surface area contributed by atoms with Crippen molar-refractivity contribution in [3.63, 3.8) is 0 Å². The van der Waals surface area contributed by atoms with Crippen LogP contribution in [0.15, 0.2) is 66.7 Å². The van der Waals surface area contributed by atoms with Crippen LogP contribution in [0.1, 0.15) is 46.4 Å². The topological polar surface area (TPSA) is 99.7 Å². The average molecular weight is 455 g/mol. The second kappa shape index (κ2) is 10.8. The molecule has 0 heterocycles. The monoisotopic (exact) mass is 454 g/mol. The van der Waals surface area contributed by atoms with Gasteiger partial charge in [-0.3, -0.25) is 10.8 Å². The van der Waals surface area contributed by atoms with Crippen molar-refractivity contribution in [3.8, 4) is 0 Å². The summed E-state index contributed by atoms with van der Waals surface area (Å²) in [5.41, 5.74) is 14.7. The molecule has 6 N–H and O–H groups in total. The number of hydrogen-bond acceptors (Lipinski definition) is 2. The Hall–Kier alpha value is -3.61. The highest BCUT2D eigenvalue weighted by molar-refractivity contribution is 5.95. The van der Waals surface area contributed by atoms with Gasteiger partial charge in [0.15, 0.2) is 0 Å². The summed E-state index contributed by atoms with van der Waals surface area (Å²) in [6.07, 6.45) is -2.28. The molecule has 0 unspecified atom stereocenters. The Bertz CT molecular complexity index is 1020. The van der Waals surface area contributed by atoms with Crippen molar-refractivity contribution in [3.05, 3.63) is 106 Å². The minimum absolute atomic E-state index is 0. The second-order valence-electron chi connectivity index (χ2n) is 7.76. The zero-order valence-electron chi connectivity index (χ0n) is 17.5. The Morgan fingerprint density at radius 1 is 0.606 bits per heavy atom. The van der Waals surface area contributed by atoms with Gasteiger partial charge in [-0.15, -0.1) is 0 Å². The highest BCUT2D eigenvalue weighted by Crippen LogP contribution is 2.31. The van der Waals surface area contributed by atoms with Gasteiger partial charge >= 0.3 is 6.18 Å². The van der Waals surface area contributed by atoms with Crippen LogP contribution in [0.25, 0.3) is 0 Å². The van der Waals surface area contributed by atoms with Crippen LogP contribution in [0, 0.1) is 10.8 Å². The van der Waals surface area contributed by atoms with Crippen LogP contribution in [0.3, 0.4) is 0 Å². The van der Waals surface area contributed by atoms with E-state index in [1.165, 1.54) is 12.1 Å². The third-order valence-electron chi connectivity index (χ3n) is 5.31. The third-order valence-corrected chi connectivity index (χ3v) is 5.31. The summed E-state index contributed by atoms with van der Waals surface area (Å²) in [6.45, 7) is 0. The molecular weight excluding hydrogens is 425 g/mol. The molecule has 3 rings (SSSR count). The van der Waals surface area contributed by atoms with Crippen molar-refractivity contribution >= 4 is 11.7 Å². The molecule has 0 aromatic heterocycles. The largest absolute Gasteiger partial charge is 0.416 e. The molecule has 3 aromatic carbocycles. The molecule has 0 bridgehead atoms. The minimum atomic E-state index is -4.41. The number of halogens is 3. The summed E-state index contributed by atoms with van der Waals surface area (Å²) in [4.78, 5) is 0. The molecule has 0 saturated heterocycles. The summed E-state index contributed by atoms with van der Waals surface area (Å²) in [5.74, 6) is -0.0370. The van der Waals surface area contributed by atoms with Crippen LogP contribution in [0.2, 0.25) is 0 Å². The Balaban J connectivity index is 0.00000385. The lowest BCUT2D eigenvalue weighted by molar-refractivity contribution is -0.137. The zero-order valence-corrected chi connectivity index (χ0v) is 17.5. The van der Waals surface area contributed by atoms with E-state index in [0.29, 0.717) is 47.9 Å².